The fraction of sp³-hybridized carbons (Fsp3) is 0. The molecule has 0 fully saturated rings. The van der Waals surface area contributed by atoms with Gasteiger partial charge in [-0.05, 0) is 30.0 Å². The maximum absolute atomic E-state index is 8.65. The lowest BCUT2D eigenvalue weighted by Gasteiger charge is -1.95. The summed E-state index contributed by atoms with van der Waals surface area (Å²) in [4.78, 5) is 15.6. The van der Waals surface area contributed by atoms with Gasteiger partial charge in [0.1, 0.15) is 11.1 Å². The van der Waals surface area contributed by atoms with E-state index in [0.717, 1.165) is 11.0 Å². The van der Waals surface area contributed by atoms with Gasteiger partial charge in [-0.3, -0.25) is 0 Å². The first-order valence-electron chi connectivity index (χ1n) is 5.40. The van der Waals surface area contributed by atoms with E-state index in [-0.39, 0.29) is 0 Å². The van der Waals surface area contributed by atoms with Crippen molar-refractivity contribution in [1.29, 1.82) is 5.26 Å². The first kappa shape index (κ1) is 11.5. The number of imidazole rings is 1. The third-order valence-corrected chi connectivity index (χ3v) is 3.23. The number of hydrogen-bond acceptors (Lipinski definition) is 6. The zero-order valence-electron chi connectivity index (χ0n) is 9.66. The molecular formula is C12H8N6S. The van der Waals surface area contributed by atoms with Gasteiger partial charge in [-0.1, -0.05) is 0 Å². The van der Waals surface area contributed by atoms with E-state index in [1.165, 1.54) is 18.0 Å². The lowest BCUT2D eigenvalue weighted by Crippen LogP contribution is -1.87. The fourth-order valence-corrected chi connectivity index (χ4v) is 2.29. The van der Waals surface area contributed by atoms with Crippen LogP contribution in [0.25, 0.3) is 11.0 Å². The predicted octanol–water partition coefficient (Wildman–Crippen LogP) is 1.96. The van der Waals surface area contributed by atoms with E-state index < -0.39 is 0 Å². The average Bonchev–Trinajstić information content (AvgIpc) is 2.81. The number of aromatic nitrogens is 4. The molecule has 0 saturated heterocycles. The molecule has 0 bridgehead atoms. The van der Waals surface area contributed by atoms with Crippen LogP contribution >= 0.6 is 11.8 Å². The van der Waals surface area contributed by atoms with E-state index in [0.29, 0.717) is 21.6 Å². The second kappa shape index (κ2) is 4.59. The summed E-state index contributed by atoms with van der Waals surface area (Å²) in [6, 6.07) is 7.42. The molecule has 0 saturated carbocycles. The Morgan fingerprint density at radius 2 is 2.16 bits per heavy atom. The summed E-state index contributed by atoms with van der Waals surface area (Å²) in [5.41, 5.74) is 8.41. The number of nitriles is 1. The highest BCUT2D eigenvalue weighted by Crippen LogP contribution is 2.25. The number of nitrogens with two attached hydrogens (primary N) is 1. The van der Waals surface area contributed by atoms with Crippen LogP contribution in [0.5, 0.6) is 0 Å². The van der Waals surface area contributed by atoms with Gasteiger partial charge < -0.3 is 10.7 Å². The molecule has 0 aliphatic carbocycles. The summed E-state index contributed by atoms with van der Waals surface area (Å²) < 4.78 is 0. The Morgan fingerprint density at radius 1 is 1.26 bits per heavy atom. The molecular weight excluding hydrogens is 260 g/mol. The summed E-state index contributed by atoms with van der Waals surface area (Å²) in [5.74, 6) is 0. The molecule has 92 valence electrons. The molecule has 6 nitrogen and oxygen atoms in total. The number of aromatic amines is 1. The molecule has 3 rings (SSSR count). The van der Waals surface area contributed by atoms with Crippen LogP contribution in [0.2, 0.25) is 0 Å². The first-order chi connectivity index (χ1) is 9.24. The first-order valence-corrected chi connectivity index (χ1v) is 6.21. The molecule has 2 aromatic heterocycles. The molecule has 3 N–H and O–H groups in total. The van der Waals surface area contributed by atoms with Crippen molar-refractivity contribution in [2.24, 2.45) is 0 Å². The highest BCUT2D eigenvalue weighted by Gasteiger charge is 2.06. The molecule has 0 aliphatic heterocycles. The summed E-state index contributed by atoms with van der Waals surface area (Å²) >= 11 is 1.35. The van der Waals surface area contributed by atoms with Gasteiger partial charge in [0.05, 0.1) is 23.4 Å². The van der Waals surface area contributed by atoms with Crippen molar-refractivity contribution in [2.75, 3.05) is 5.73 Å². The highest BCUT2D eigenvalue weighted by molar-refractivity contribution is 7.99. The zero-order valence-corrected chi connectivity index (χ0v) is 10.5. The number of rotatable bonds is 2. The minimum absolute atomic E-state index is 0.293. The summed E-state index contributed by atoms with van der Waals surface area (Å²) in [6.07, 6.45) is 2.98. The molecule has 2 heterocycles. The second-order valence-corrected chi connectivity index (χ2v) is 4.78. The number of nitrogen functional groups attached to an aromatic ring is 1. The number of benzene rings is 1. The molecule has 1 aromatic carbocycles. The van der Waals surface area contributed by atoms with E-state index in [4.69, 9.17) is 11.0 Å². The van der Waals surface area contributed by atoms with Crippen LogP contribution in [-0.2, 0) is 0 Å². The lowest BCUT2D eigenvalue weighted by molar-refractivity contribution is 1.01. The standard InChI is InChI=1S/C12H8N6S/c13-4-8-5-16-11(6-15-8)19-12-17-9-2-1-7(14)3-10(9)18-12/h1-3,5-6H,14H2,(H,17,18). The Morgan fingerprint density at radius 3 is 2.89 bits per heavy atom. The summed E-state index contributed by atoms with van der Waals surface area (Å²) in [5, 5.41) is 10.0. The minimum atomic E-state index is 0.293. The van der Waals surface area contributed by atoms with Crippen LogP contribution in [-0.4, -0.2) is 19.9 Å². The monoisotopic (exact) mass is 268 g/mol. The number of nitrogens with zero attached hydrogens (tertiary/aromatic N) is 4. The van der Waals surface area contributed by atoms with Gasteiger partial charge in [0.15, 0.2) is 10.9 Å². The smallest absolute Gasteiger partial charge is 0.172 e. The van der Waals surface area contributed by atoms with E-state index in [9.17, 15) is 0 Å². The Hall–Kier alpha value is -2.59. The van der Waals surface area contributed by atoms with Gasteiger partial charge in [-0.25, -0.2) is 15.0 Å². The number of hydrogen-bond donors (Lipinski definition) is 2. The van der Waals surface area contributed by atoms with Crippen LogP contribution in [0, 0.1) is 11.3 Å². The summed E-state index contributed by atoms with van der Waals surface area (Å²) in [7, 11) is 0. The van der Waals surface area contributed by atoms with Crippen molar-refractivity contribution >= 4 is 28.5 Å². The van der Waals surface area contributed by atoms with Gasteiger partial charge in [0, 0.05) is 5.69 Å². The van der Waals surface area contributed by atoms with Crippen LogP contribution in [0.4, 0.5) is 5.69 Å². The third kappa shape index (κ3) is 2.34. The average molecular weight is 268 g/mol. The van der Waals surface area contributed by atoms with Gasteiger partial charge in [-0.15, -0.1) is 0 Å². The van der Waals surface area contributed by atoms with Crippen LogP contribution in [0.3, 0.4) is 0 Å². The van der Waals surface area contributed by atoms with Crippen molar-refractivity contribution in [1.82, 2.24) is 19.9 Å². The summed E-state index contributed by atoms with van der Waals surface area (Å²) in [6.45, 7) is 0. The topological polar surface area (TPSA) is 104 Å². The fourth-order valence-electron chi connectivity index (χ4n) is 1.58. The quantitative estimate of drug-likeness (QED) is 0.688. The van der Waals surface area contributed by atoms with Crippen molar-refractivity contribution in [2.45, 2.75) is 10.2 Å². The van der Waals surface area contributed by atoms with Crippen molar-refractivity contribution in [3.63, 3.8) is 0 Å². The van der Waals surface area contributed by atoms with Crippen LogP contribution in [0.1, 0.15) is 5.69 Å². The van der Waals surface area contributed by atoms with Crippen molar-refractivity contribution in [3.8, 4) is 6.07 Å². The molecule has 0 amide bonds. The number of H-pyrrole nitrogens is 1. The third-order valence-electron chi connectivity index (χ3n) is 2.43. The Bertz CT molecular complexity index is 771. The number of anilines is 1. The maximum atomic E-state index is 8.65. The molecule has 0 radical (unpaired) electrons. The van der Waals surface area contributed by atoms with Crippen molar-refractivity contribution in [3.05, 3.63) is 36.3 Å². The molecule has 0 atom stereocenters. The maximum Gasteiger partial charge on any atom is 0.172 e. The van der Waals surface area contributed by atoms with E-state index in [2.05, 4.69) is 19.9 Å². The van der Waals surface area contributed by atoms with Crippen molar-refractivity contribution < 1.29 is 0 Å². The molecule has 3 aromatic rings. The van der Waals surface area contributed by atoms with E-state index >= 15 is 0 Å². The molecule has 7 heteroatoms. The zero-order chi connectivity index (χ0) is 13.2. The molecule has 0 unspecified atom stereocenters. The van der Waals surface area contributed by atoms with Gasteiger partial charge in [0.2, 0.25) is 0 Å². The Labute approximate surface area is 112 Å². The number of fused-ring (bicyclic) bond motifs is 1. The SMILES string of the molecule is N#Cc1cnc(Sc2nc3ccc(N)cc3[nH]2)cn1. The lowest BCUT2D eigenvalue weighted by atomic mass is 10.3. The van der Waals surface area contributed by atoms with Crippen LogP contribution < -0.4 is 5.73 Å². The van der Waals surface area contributed by atoms with E-state index in [1.807, 2.05) is 18.2 Å². The van der Waals surface area contributed by atoms with E-state index in [1.54, 1.807) is 12.3 Å². The molecule has 0 aliphatic rings. The predicted molar refractivity (Wildman–Crippen MR) is 71.4 cm³/mol. The Kier molecular flexibility index (Phi) is 2.78. The van der Waals surface area contributed by atoms with Gasteiger partial charge >= 0.3 is 0 Å². The van der Waals surface area contributed by atoms with Crippen LogP contribution in [0.15, 0.2) is 40.8 Å². The second-order valence-electron chi connectivity index (χ2n) is 3.77. The van der Waals surface area contributed by atoms with Gasteiger partial charge in [-0.2, -0.15) is 5.26 Å². The molecule has 19 heavy (non-hydrogen) atoms. The minimum Gasteiger partial charge on any atom is -0.399 e. The molecule has 0 spiro atoms. The highest BCUT2D eigenvalue weighted by atomic mass is 32.2. The van der Waals surface area contributed by atoms with Gasteiger partial charge in [0.25, 0.3) is 0 Å². The normalized spacial score (nSPS) is 10.5. The Balaban J connectivity index is 1.90. The largest absolute Gasteiger partial charge is 0.399 e. The number of nitrogens with one attached hydrogen (secondary N) is 1.